The molecule has 2 saturated heterocycles. The van der Waals surface area contributed by atoms with Crippen molar-refractivity contribution in [3.8, 4) is 0 Å². The molecule has 148 valence electrons. The lowest BCUT2D eigenvalue weighted by Crippen LogP contribution is -2.50. The fraction of sp³-hybridized carbons (Fsp3) is 0.842. The fourth-order valence-electron chi connectivity index (χ4n) is 3.56. The van der Waals surface area contributed by atoms with E-state index in [4.69, 9.17) is 9.47 Å². The predicted octanol–water partition coefficient (Wildman–Crippen LogP) is 2.44. The van der Waals surface area contributed by atoms with Crippen molar-refractivity contribution < 1.29 is 23.9 Å². The minimum atomic E-state index is -0.548. The molecule has 7 heteroatoms. The van der Waals surface area contributed by atoms with Crippen LogP contribution in [-0.2, 0) is 19.1 Å². The third-order valence-electron chi connectivity index (χ3n) is 4.78. The number of piperidine rings is 2. The van der Waals surface area contributed by atoms with Gasteiger partial charge in [-0.2, -0.15) is 0 Å². The van der Waals surface area contributed by atoms with Crippen LogP contribution in [0.5, 0.6) is 0 Å². The van der Waals surface area contributed by atoms with Crippen LogP contribution in [0, 0.1) is 11.8 Å². The molecule has 2 unspecified atom stereocenters. The van der Waals surface area contributed by atoms with Crippen LogP contribution in [0.4, 0.5) is 4.79 Å². The third-order valence-corrected chi connectivity index (χ3v) is 4.78. The molecule has 0 bridgehead atoms. The molecule has 0 aromatic carbocycles. The summed E-state index contributed by atoms with van der Waals surface area (Å²) in [6.45, 7) is 9.73. The van der Waals surface area contributed by atoms with Crippen LogP contribution < -0.4 is 0 Å². The number of carbonyl (C=O) groups excluding carboxylic acids is 3. The van der Waals surface area contributed by atoms with E-state index in [1.807, 2.05) is 20.8 Å². The average Bonchev–Trinajstić information content (AvgIpc) is 2.60. The van der Waals surface area contributed by atoms with Crippen LogP contribution in [0.3, 0.4) is 0 Å². The summed E-state index contributed by atoms with van der Waals surface area (Å²) in [4.78, 5) is 40.6. The van der Waals surface area contributed by atoms with Gasteiger partial charge in [0.05, 0.1) is 18.4 Å². The molecule has 2 aliphatic rings. The summed E-state index contributed by atoms with van der Waals surface area (Å²) in [7, 11) is 0. The van der Waals surface area contributed by atoms with Crippen molar-refractivity contribution in [3.05, 3.63) is 0 Å². The molecule has 2 amide bonds. The van der Waals surface area contributed by atoms with E-state index in [1.54, 1.807) is 16.7 Å². The van der Waals surface area contributed by atoms with Crippen molar-refractivity contribution in [1.29, 1.82) is 0 Å². The topological polar surface area (TPSA) is 76.2 Å². The van der Waals surface area contributed by atoms with E-state index >= 15 is 0 Å². The van der Waals surface area contributed by atoms with Gasteiger partial charge in [0.1, 0.15) is 5.60 Å². The molecular formula is C19H32N2O5. The van der Waals surface area contributed by atoms with E-state index in [-0.39, 0.29) is 29.8 Å². The number of amides is 2. The van der Waals surface area contributed by atoms with Gasteiger partial charge in [0.25, 0.3) is 0 Å². The molecular weight excluding hydrogens is 336 g/mol. The van der Waals surface area contributed by atoms with Gasteiger partial charge in [-0.15, -0.1) is 0 Å². The smallest absolute Gasteiger partial charge is 0.410 e. The van der Waals surface area contributed by atoms with Gasteiger partial charge < -0.3 is 19.3 Å². The number of esters is 1. The zero-order chi connectivity index (χ0) is 19.3. The van der Waals surface area contributed by atoms with Crippen LogP contribution in [-0.4, -0.2) is 66.2 Å². The monoisotopic (exact) mass is 368 g/mol. The predicted molar refractivity (Wildman–Crippen MR) is 96.5 cm³/mol. The van der Waals surface area contributed by atoms with Crippen molar-refractivity contribution in [3.63, 3.8) is 0 Å². The lowest BCUT2D eigenvalue weighted by atomic mass is 9.93. The van der Waals surface area contributed by atoms with Crippen LogP contribution in [0.25, 0.3) is 0 Å². The normalized spacial score (nSPS) is 24.2. The zero-order valence-corrected chi connectivity index (χ0v) is 16.5. The van der Waals surface area contributed by atoms with Crippen LogP contribution in [0.2, 0.25) is 0 Å². The molecule has 0 aliphatic carbocycles. The number of ether oxygens (including phenoxy) is 2. The van der Waals surface area contributed by atoms with Gasteiger partial charge in [-0.25, -0.2) is 4.79 Å². The summed E-state index contributed by atoms with van der Waals surface area (Å²) in [6.07, 6.45) is 2.75. The first kappa shape index (κ1) is 20.5. The van der Waals surface area contributed by atoms with Crippen molar-refractivity contribution in [2.75, 3.05) is 32.8 Å². The van der Waals surface area contributed by atoms with Crippen molar-refractivity contribution in [2.45, 2.75) is 59.0 Å². The fourth-order valence-corrected chi connectivity index (χ4v) is 3.56. The van der Waals surface area contributed by atoms with Crippen molar-refractivity contribution in [1.82, 2.24) is 9.80 Å². The third kappa shape index (κ3) is 5.61. The average molecular weight is 368 g/mol. The first-order chi connectivity index (χ1) is 12.2. The van der Waals surface area contributed by atoms with Gasteiger partial charge in [0, 0.05) is 26.2 Å². The maximum Gasteiger partial charge on any atom is 0.410 e. The Morgan fingerprint density at radius 2 is 1.54 bits per heavy atom. The number of nitrogens with zero attached hydrogens (tertiary/aromatic N) is 2. The van der Waals surface area contributed by atoms with Gasteiger partial charge in [0.15, 0.2) is 0 Å². The van der Waals surface area contributed by atoms with Gasteiger partial charge >= 0.3 is 12.1 Å². The van der Waals surface area contributed by atoms with Crippen LogP contribution >= 0.6 is 0 Å². The second-order valence-corrected chi connectivity index (χ2v) is 8.14. The molecule has 2 rings (SSSR count). The molecule has 0 saturated carbocycles. The molecule has 0 N–H and O–H groups in total. The molecule has 2 aliphatic heterocycles. The first-order valence-corrected chi connectivity index (χ1v) is 9.64. The summed E-state index contributed by atoms with van der Waals surface area (Å²) < 4.78 is 10.5. The molecule has 0 spiro atoms. The number of hydrogen-bond donors (Lipinski definition) is 0. The Hall–Kier alpha value is -1.79. The SMILES string of the molecule is CCOC(=O)C1CCCN(C(=O)C2CCCN(C(=O)OC(C)(C)C)C2)C1. The molecule has 0 radical (unpaired) electrons. The summed E-state index contributed by atoms with van der Waals surface area (Å²) in [5.41, 5.74) is -0.548. The van der Waals surface area contributed by atoms with E-state index in [0.29, 0.717) is 32.8 Å². The van der Waals surface area contributed by atoms with E-state index in [0.717, 1.165) is 25.7 Å². The molecule has 7 nitrogen and oxygen atoms in total. The Morgan fingerprint density at radius 1 is 0.962 bits per heavy atom. The standard InChI is InChI=1S/C19H32N2O5/c1-5-25-17(23)15-9-7-10-20(13-15)16(22)14-8-6-11-21(12-14)18(24)26-19(2,3)4/h14-15H,5-13H2,1-4H3. The molecule has 2 fully saturated rings. The molecule has 0 aromatic heterocycles. The number of rotatable bonds is 3. The summed E-state index contributed by atoms with van der Waals surface area (Å²) >= 11 is 0. The Morgan fingerprint density at radius 3 is 2.15 bits per heavy atom. The van der Waals surface area contributed by atoms with Crippen LogP contribution in [0.1, 0.15) is 53.4 Å². The maximum absolute atomic E-state index is 12.9. The minimum absolute atomic E-state index is 0.0345. The second-order valence-electron chi connectivity index (χ2n) is 8.14. The minimum Gasteiger partial charge on any atom is -0.466 e. The van der Waals surface area contributed by atoms with E-state index < -0.39 is 5.60 Å². The Kier molecular flexibility index (Phi) is 6.89. The van der Waals surface area contributed by atoms with Gasteiger partial charge in [-0.3, -0.25) is 9.59 Å². The highest BCUT2D eigenvalue weighted by molar-refractivity contribution is 5.81. The number of carbonyl (C=O) groups is 3. The second kappa shape index (κ2) is 8.73. The molecule has 0 aromatic rings. The van der Waals surface area contributed by atoms with E-state index in [2.05, 4.69) is 0 Å². The van der Waals surface area contributed by atoms with Crippen LogP contribution in [0.15, 0.2) is 0 Å². The Balaban J connectivity index is 1.93. The molecule has 26 heavy (non-hydrogen) atoms. The number of likely N-dealkylation sites (tertiary alicyclic amines) is 2. The van der Waals surface area contributed by atoms with Gasteiger partial charge in [-0.1, -0.05) is 0 Å². The zero-order valence-electron chi connectivity index (χ0n) is 16.5. The Labute approximate surface area is 156 Å². The van der Waals surface area contributed by atoms with E-state index in [1.165, 1.54) is 0 Å². The van der Waals surface area contributed by atoms with Crippen molar-refractivity contribution >= 4 is 18.0 Å². The van der Waals surface area contributed by atoms with Crippen molar-refractivity contribution in [2.24, 2.45) is 11.8 Å². The quantitative estimate of drug-likeness (QED) is 0.715. The highest BCUT2D eigenvalue weighted by atomic mass is 16.6. The van der Waals surface area contributed by atoms with Gasteiger partial charge in [0.2, 0.25) is 5.91 Å². The molecule has 2 heterocycles. The van der Waals surface area contributed by atoms with E-state index in [9.17, 15) is 14.4 Å². The highest BCUT2D eigenvalue weighted by Gasteiger charge is 2.36. The first-order valence-electron chi connectivity index (χ1n) is 9.64. The maximum atomic E-state index is 12.9. The lowest BCUT2D eigenvalue weighted by Gasteiger charge is -2.38. The highest BCUT2D eigenvalue weighted by Crippen LogP contribution is 2.25. The molecule has 2 atom stereocenters. The largest absolute Gasteiger partial charge is 0.466 e. The summed E-state index contributed by atoms with van der Waals surface area (Å²) in [5, 5.41) is 0. The summed E-state index contributed by atoms with van der Waals surface area (Å²) in [6, 6.07) is 0. The lowest BCUT2D eigenvalue weighted by molar-refractivity contribution is -0.152. The van der Waals surface area contributed by atoms with Gasteiger partial charge in [-0.05, 0) is 53.4 Å². The summed E-state index contributed by atoms with van der Waals surface area (Å²) in [5.74, 6) is -0.647. The number of hydrogen-bond acceptors (Lipinski definition) is 5. The Bertz CT molecular complexity index is 529.